The maximum Gasteiger partial charge on any atom is 0.500 e. The minimum atomic E-state index is -0.478. The van der Waals surface area contributed by atoms with Crippen molar-refractivity contribution >= 4 is 73.4 Å². The molecule has 10 aromatic rings. The Kier molecular flexibility index (Phi) is 16.7. The Bertz CT molecular complexity index is 3710. The SMILES string of the molecule is Cc1ccc(-c2cccc3c2ncn3C)c(OCc2ccccc2)n1.Cc1ccc(B2OC(C)(C)C(C)(C)O2)c(OCc2ccccc2)n1.Cn1cnc2c(Br)cccc21.Cn1cnc2c(C3CCC(=O)NC3=O)cccc21. The number of nitrogens with zero attached hydrogens (tertiary/aromatic N) is 8. The first-order chi connectivity index (χ1) is 37.5. The van der Waals surface area contributed by atoms with E-state index in [1.165, 1.54) is 0 Å². The van der Waals surface area contributed by atoms with Gasteiger partial charge in [-0.3, -0.25) is 14.9 Å². The molecule has 398 valence electrons. The highest BCUT2D eigenvalue weighted by Gasteiger charge is 2.52. The molecule has 2 aliphatic heterocycles. The number of halogens is 1. The van der Waals surface area contributed by atoms with Crippen LogP contribution in [0.1, 0.15) is 74.5 Å². The number of rotatable bonds is 9. The van der Waals surface area contributed by atoms with Gasteiger partial charge >= 0.3 is 7.12 Å². The van der Waals surface area contributed by atoms with Crippen LogP contribution in [-0.2, 0) is 53.3 Å². The Morgan fingerprint density at radius 3 is 1.68 bits per heavy atom. The Morgan fingerprint density at radius 2 is 1.09 bits per heavy atom. The Morgan fingerprint density at radius 1 is 0.590 bits per heavy atom. The average molecular weight is 1110 g/mol. The van der Waals surface area contributed by atoms with Crippen molar-refractivity contribution in [2.75, 3.05) is 0 Å². The number of benzene rings is 5. The number of hydrogen-bond donors (Lipinski definition) is 1. The summed E-state index contributed by atoms with van der Waals surface area (Å²) in [5, 5.41) is 2.39. The van der Waals surface area contributed by atoms with E-state index in [2.05, 4.69) is 76.5 Å². The Hall–Kier alpha value is -7.99. The molecule has 78 heavy (non-hydrogen) atoms. The van der Waals surface area contributed by atoms with Crippen molar-refractivity contribution < 1.29 is 28.4 Å². The third-order valence-electron chi connectivity index (χ3n) is 14.1. The number of amides is 2. The minimum Gasteiger partial charge on any atom is -0.473 e. The number of hydrogen-bond acceptors (Lipinski definition) is 11. The summed E-state index contributed by atoms with van der Waals surface area (Å²) in [5.74, 6) is 0.523. The lowest BCUT2D eigenvalue weighted by Crippen LogP contribution is -2.41. The maximum atomic E-state index is 11.9. The Labute approximate surface area is 463 Å². The fourth-order valence-electron chi connectivity index (χ4n) is 9.06. The van der Waals surface area contributed by atoms with Crippen molar-refractivity contribution in [3.8, 4) is 22.9 Å². The fraction of sp³-hybridized carbons (Fsp3) is 0.262. The van der Waals surface area contributed by atoms with Gasteiger partial charge in [-0.25, -0.2) is 24.9 Å². The van der Waals surface area contributed by atoms with Gasteiger partial charge in [0.2, 0.25) is 23.6 Å². The Balaban J connectivity index is 0.000000131. The second-order valence-electron chi connectivity index (χ2n) is 20.4. The van der Waals surface area contributed by atoms with Crippen LogP contribution in [0.2, 0.25) is 0 Å². The third kappa shape index (κ3) is 12.4. The van der Waals surface area contributed by atoms with Crippen molar-refractivity contribution in [1.82, 2.24) is 43.9 Å². The molecule has 1 N–H and O–H groups in total. The largest absolute Gasteiger partial charge is 0.500 e. The lowest BCUT2D eigenvalue weighted by molar-refractivity contribution is -0.134. The van der Waals surface area contributed by atoms with Crippen molar-refractivity contribution in [3.05, 3.63) is 191 Å². The minimum absolute atomic E-state index is 0.190. The van der Waals surface area contributed by atoms with E-state index in [4.69, 9.17) is 18.8 Å². The number of para-hydroxylation sites is 3. The fourth-order valence-corrected chi connectivity index (χ4v) is 9.52. The molecule has 2 aliphatic rings. The smallest absolute Gasteiger partial charge is 0.473 e. The molecule has 5 aromatic carbocycles. The highest BCUT2D eigenvalue weighted by molar-refractivity contribution is 9.10. The molecule has 15 nitrogen and oxygen atoms in total. The summed E-state index contributed by atoms with van der Waals surface area (Å²) in [6.45, 7) is 13.0. The predicted octanol–water partition coefficient (Wildman–Crippen LogP) is 11.2. The molecule has 5 aromatic heterocycles. The molecule has 0 saturated carbocycles. The molecule has 0 bridgehead atoms. The van der Waals surface area contributed by atoms with Crippen LogP contribution in [0.15, 0.2) is 163 Å². The van der Waals surface area contributed by atoms with Crippen LogP contribution in [0.4, 0.5) is 0 Å². The number of ether oxygens (including phenoxy) is 2. The van der Waals surface area contributed by atoms with Crippen LogP contribution in [0.5, 0.6) is 11.8 Å². The summed E-state index contributed by atoms with van der Waals surface area (Å²) in [7, 11) is 5.43. The van der Waals surface area contributed by atoms with Crippen molar-refractivity contribution in [2.24, 2.45) is 21.1 Å². The second kappa shape index (κ2) is 23.7. The number of piperidine rings is 1. The van der Waals surface area contributed by atoms with Gasteiger partial charge in [-0.1, -0.05) is 97.1 Å². The van der Waals surface area contributed by atoms with Crippen LogP contribution in [0, 0.1) is 13.8 Å². The molecule has 7 heterocycles. The first kappa shape index (κ1) is 54.8. The van der Waals surface area contributed by atoms with Gasteiger partial charge in [0.25, 0.3) is 0 Å². The van der Waals surface area contributed by atoms with E-state index in [0.29, 0.717) is 37.8 Å². The normalized spacial score (nSPS) is 15.4. The number of imide groups is 1. The van der Waals surface area contributed by atoms with Gasteiger partial charge in [0, 0.05) is 60.0 Å². The first-order valence-corrected chi connectivity index (χ1v) is 26.6. The van der Waals surface area contributed by atoms with E-state index in [1.54, 1.807) is 6.33 Å². The van der Waals surface area contributed by atoms with Gasteiger partial charge < -0.3 is 32.5 Å². The van der Waals surface area contributed by atoms with E-state index in [1.807, 2.05) is 198 Å². The molecular weight excluding hydrogens is 1050 g/mol. The number of carbonyl (C=O) groups is 2. The molecule has 2 saturated heterocycles. The van der Waals surface area contributed by atoms with E-state index in [-0.39, 0.29) is 28.9 Å². The number of nitrogens with one attached hydrogen (secondary N) is 1. The molecule has 17 heteroatoms. The number of carbonyl (C=O) groups excluding carboxylic acids is 2. The predicted molar refractivity (Wildman–Crippen MR) is 309 cm³/mol. The van der Waals surface area contributed by atoms with Gasteiger partial charge in [-0.15, -0.1) is 0 Å². The number of aromatic nitrogens is 8. The standard InChI is InChI=1S/C21H19N3O.C19H24BNO3.C13H13N3O2.C8H7BrN2/c1-15-11-12-18(17-9-6-10-19-20(17)22-14-24(19)2)21(23-15)25-13-16-7-4-3-5-8-16;1-14-11-12-16(20-23-18(2,3)19(4,5)24-20)17(21-14)22-13-15-9-7-6-8-10-15;1-16-7-14-12-8(3-2-4-10(12)16)9-5-6-11(17)15-13(9)18;1-11-5-10-8-6(9)3-2-4-7(8)11/h3-12,14H,13H2,1-2H3;6-12H,13H2,1-5H3;2-4,7,9H,5-6H2,1H3,(H,15,17,18);2-5H,1H3. The molecule has 0 radical (unpaired) electrons. The zero-order chi connectivity index (χ0) is 55.1. The molecule has 2 amide bonds. The van der Waals surface area contributed by atoms with E-state index >= 15 is 0 Å². The van der Waals surface area contributed by atoms with Crippen molar-refractivity contribution in [2.45, 2.75) is 84.7 Å². The number of imidazole rings is 3. The summed E-state index contributed by atoms with van der Waals surface area (Å²) in [5.41, 5.74) is 13.1. The quantitative estimate of drug-likeness (QED) is 0.108. The topological polar surface area (TPSA) is 162 Å². The van der Waals surface area contributed by atoms with Crippen LogP contribution in [0.3, 0.4) is 0 Å². The van der Waals surface area contributed by atoms with Crippen LogP contribution in [0.25, 0.3) is 44.2 Å². The number of pyridine rings is 2. The summed E-state index contributed by atoms with van der Waals surface area (Å²) in [4.78, 5) is 45.4. The number of aryl methyl sites for hydroxylation is 5. The molecule has 0 aliphatic carbocycles. The molecule has 12 rings (SSSR count). The highest BCUT2D eigenvalue weighted by atomic mass is 79.9. The van der Waals surface area contributed by atoms with Crippen LogP contribution in [-0.4, -0.2) is 68.8 Å². The van der Waals surface area contributed by atoms with Gasteiger partial charge in [0.1, 0.15) is 18.7 Å². The lowest BCUT2D eigenvalue weighted by Gasteiger charge is -2.32. The third-order valence-corrected chi connectivity index (χ3v) is 14.8. The number of fused-ring (bicyclic) bond motifs is 3. The highest BCUT2D eigenvalue weighted by Crippen LogP contribution is 2.38. The summed E-state index contributed by atoms with van der Waals surface area (Å²) >= 11 is 3.43. The summed E-state index contributed by atoms with van der Waals surface area (Å²) < 4.78 is 31.3. The van der Waals surface area contributed by atoms with E-state index < -0.39 is 7.12 Å². The average Bonchev–Trinajstić information content (AvgIpc) is 4.21. The summed E-state index contributed by atoms with van der Waals surface area (Å²) in [6.07, 6.45) is 6.33. The van der Waals surface area contributed by atoms with E-state index in [9.17, 15) is 9.59 Å². The second-order valence-corrected chi connectivity index (χ2v) is 21.2. The molecule has 2 fully saturated rings. The molecular formula is C61H63BBrN9O6. The van der Waals surface area contributed by atoms with Gasteiger partial charge in [-0.05, 0) is 123 Å². The van der Waals surface area contributed by atoms with Gasteiger partial charge in [0.05, 0.1) is 63.7 Å². The molecule has 1 atom stereocenters. The monoisotopic (exact) mass is 1110 g/mol. The first-order valence-electron chi connectivity index (χ1n) is 25.8. The van der Waals surface area contributed by atoms with Crippen LogP contribution >= 0.6 is 15.9 Å². The van der Waals surface area contributed by atoms with E-state index in [0.717, 1.165) is 82.2 Å². The zero-order valence-electron chi connectivity index (χ0n) is 45.4. The molecule has 1 unspecified atom stereocenters. The maximum absolute atomic E-state index is 11.9. The van der Waals surface area contributed by atoms with Crippen molar-refractivity contribution in [3.63, 3.8) is 0 Å². The van der Waals surface area contributed by atoms with Crippen LogP contribution < -0.4 is 20.3 Å². The van der Waals surface area contributed by atoms with Gasteiger partial charge in [0.15, 0.2) is 0 Å². The van der Waals surface area contributed by atoms with Crippen molar-refractivity contribution in [1.29, 1.82) is 0 Å². The van der Waals surface area contributed by atoms with Gasteiger partial charge in [-0.2, -0.15) is 0 Å². The lowest BCUT2D eigenvalue weighted by atomic mass is 9.79. The molecule has 0 spiro atoms. The summed E-state index contributed by atoms with van der Waals surface area (Å²) in [6, 6.07) is 46.2. The zero-order valence-corrected chi connectivity index (χ0v) is 47.0.